The fourth-order valence-electron chi connectivity index (χ4n) is 4.61. The van der Waals surface area contributed by atoms with Crippen LogP contribution < -0.4 is 0 Å². The number of epoxide rings is 1. The summed E-state index contributed by atoms with van der Waals surface area (Å²) in [7, 11) is 0. The molecule has 0 amide bonds. The van der Waals surface area contributed by atoms with Gasteiger partial charge in [-0.25, -0.2) is 0 Å². The molecule has 0 bridgehead atoms. The van der Waals surface area contributed by atoms with Gasteiger partial charge in [0.05, 0.1) is 11.7 Å². The number of rotatable bonds is 1. The summed E-state index contributed by atoms with van der Waals surface area (Å²) in [6, 6.07) is 0. The molecule has 1 unspecified atom stereocenters. The zero-order chi connectivity index (χ0) is 11.6. The van der Waals surface area contributed by atoms with E-state index in [4.69, 9.17) is 4.74 Å². The van der Waals surface area contributed by atoms with Crippen LogP contribution in [0.4, 0.5) is 0 Å². The molecule has 0 spiro atoms. The van der Waals surface area contributed by atoms with Crippen LogP contribution in [0.1, 0.15) is 59.8 Å². The highest BCUT2D eigenvalue weighted by Gasteiger charge is 2.65. The minimum atomic E-state index is 0.264. The van der Waals surface area contributed by atoms with Gasteiger partial charge in [-0.15, -0.1) is 0 Å². The molecule has 0 aromatic rings. The molecule has 3 rings (SSSR count). The van der Waals surface area contributed by atoms with Gasteiger partial charge in [-0.3, -0.25) is 0 Å². The lowest BCUT2D eigenvalue weighted by Gasteiger charge is -2.49. The van der Waals surface area contributed by atoms with Gasteiger partial charge >= 0.3 is 0 Å². The summed E-state index contributed by atoms with van der Waals surface area (Å²) in [6.45, 7) is 9.69. The van der Waals surface area contributed by atoms with Gasteiger partial charge in [0.2, 0.25) is 0 Å². The molecule has 0 radical (unpaired) electrons. The van der Waals surface area contributed by atoms with E-state index in [-0.39, 0.29) is 5.60 Å². The fourth-order valence-corrected chi connectivity index (χ4v) is 4.61. The van der Waals surface area contributed by atoms with Crippen molar-refractivity contribution < 1.29 is 4.74 Å². The monoisotopic (exact) mass is 222 g/mol. The van der Waals surface area contributed by atoms with Gasteiger partial charge in [0.1, 0.15) is 0 Å². The SMILES string of the molecule is CC(C)[C@@H]1CC[C@]2(C)CCC3O[C@]3(C)[C@H]2C1. The third kappa shape index (κ3) is 1.40. The molecule has 2 aliphatic carbocycles. The van der Waals surface area contributed by atoms with Crippen LogP contribution in [-0.4, -0.2) is 11.7 Å². The average Bonchev–Trinajstić information content (AvgIpc) is 2.89. The Bertz CT molecular complexity index is 298. The molecule has 16 heavy (non-hydrogen) atoms. The summed E-state index contributed by atoms with van der Waals surface area (Å²) in [6.07, 6.45) is 7.63. The van der Waals surface area contributed by atoms with Crippen LogP contribution in [0.5, 0.6) is 0 Å². The van der Waals surface area contributed by atoms with Crippen molar-refractivity contribution in [3.05, 3.63) is 0 Å². The molecule has 1 saturated heterocycles. The molecule has 0 aromatic carbocycles. The minimum absolute atomic E-state index is 0.264. The minimum Gasteiger partial charge on any atom is -0.366 e. The summed E-state index contributed by atoms with van der Waals surface area (Å²) < 4.78 is 6.03. The van der Waals surface area contributed by atoms with E-state index in [0.717, 1.165) is 17.8 Å². The third-order valence-electron chi connectivity index (χ3n) is 6.06. The van der Waals surface area contributed by atoms with Crippen molar-refractivity contribution >= 4 is 0 Å². The fraction of sp³-hybridized carbons (Fsp3) is 1.00. The van der Waals surface area contributed by atoms with Crippen LogP contribution in [-0.2, 0) is 4.74 Å². The maximum absolute atomic E-state index is 6.03. The molecule has 2 saturated carbocycles. The number of hydrogen-bond donors (Lipinski definition) is 0. The molecular formula is C15H26O. The Balaban J connectivity index is 1.83. The van der Waals surface area contributed by atoms with E-state index >= 15 is 0 Å². The van der Waals surface area contributed by atoms with E-state index < -0.39 is 0 Å². The Hall–Kier alpha value is -0.0400. The van der Waals surface area contributed by atoms with Gasteiger partial charge in [-0.05, 0) is 62.2 Å². The van der Waals surface area contributed by atoms with Gasteiger partial charge in [-0.1, -0.05) is 20.8 Å². The van der Waals surface area contributed by atoms with Crippen LogP contribution in [0.3, 0.4) is 0 Å². The van der Waals surface area contributed by atoms with E-state index in [0.29, 0.717) is 11.5 Å². The van der Waals surface area contributed by atoms with Crippen molar-refractivity contribution in [2.45, 2.75) is 71.5 Å². The first kappa shape index (κ1) is 11.1. The van der Waals surface area contributed by atoms with Crippen molar-refractivity contribution in [2.24, 2.45) is 23.2 Å². The molecule has 0 N–H and O–H groups in total. The third-order valence-corrected chi connectivity index (χ3v) is 6.06. The summed E-state index contributed by atoms with van der Waals surface area (Å²) in [5.41, 5.74) is 0.855. The van der Waals surface area contributed by atoms with E-state index in [1.807, 2.05) is 0 Å². The number of fused-ring (bicyclic) bond motifs is 3. The summed E-state index contributed by atoms with van der Waals surface area (Å²) in [5, 5.41) is 0. The molecule has 92 valence electrons. The lowest BCUT2D eigenvalue weighted by molar-refractivity contribution is -0.000454. The van der Waals surface area contributed by atoms with Crippen molar-refractivity contribution in [3.8, 4) is 0 Å². The van der Waals surface area contributed by atoms with Crippen LogP contribution in [0, 0.1) is 23.2 Å². The van der Waals surface area contributed by atoms with Crippen molar-refractivity contribution in [1.82, 2.24) is 0 Å². The highest BCUT2D eigenvalue weighted by atomic mass is 16.6. The van der Waals surface area contributed by atoms with E-state index in [1.54, 1.807) is 0 Å². The van der Waals surface area contributed by atoms with Gasteiger partial charge < -0.3 is 4.74 Å². The van der Waals surface area contributed by atoms with Crippen LogP contribution in [0.2, 0.25) is 0 Å². The number of hydrogen-bond acceptors (Lipinski definition) is 1. The highest BCUT2D eigenvalue weighted by molar-refractivity contribution is 5.14. The van der Waals surface area contributed by atoms with E-state index in [9.17, 15) is 0 Å². The first-order chi connectivity index (χ1) is 7.46. The molecular weight excluding hydrogens is 196 g/mol. The predicted molar refractivity (Wildman–Crippen MR) is 66.3 cm³/mol. The van der Waals surface area contributed by atoms with Gasteiger partial charge in [-0.2, -0.15) is 0 Å². The molecule has 1 aliphatic heterocycles. The lowest BCUT2D eigenvalue weighted by Crippen LogP contribution is -2.46. The molecule has 1 heteroatoms. The highest BCUT2D eigenvalue weighted by Crippen LogP contribution is 2.63. The standard InChI is InChI=1S/C15H26O/c1-10(2)11-5-7-14(3)8-6-13-15(4,16-13)12(14)9-11/h10-13H,5-9H2,1-4H3/t11-,12+,13?,14-,15-/m1/s1. The topological polar surface area (TPSA) is 12.5 Å². The molecule has 0 aromatic heterocycles. The smallest absolute Gasteiger partial charge is 0.0953 e. The summed E-state index contributed by atoms with van der Waals surface area (Å²) in [4.78, 5) is 0. The van der Waals surface area contributed by atoms with Gasteiger partial charge in [0.25, 0.3) is 0 Å². The maximum Gasteiger partial charge on any atom is 0.0953 e. The molecule has 3 aliphatic rings. The zero-order valence-corrected chi connectivity index (χ0v) is 11.3. The first-order valence-electron chi connectivity index (χ1n) is 7.13. The Labute approximate surface area is 99.9 Å². The Morgan fingerprint density at radius 3 is 2.50 bits per heavy atom. The molecule has 1 nitrogen and oxygen atoms in total. The first-order valence-corrected chi connectivity index (χ1v) is 7.13. The zero-order valence-electron chi connectivity index (χ0n) is 11.3. The largest absolute Gasteiger partial charge is 0.366 e. The van der Waals surface area contributed by atoms with Crippen molar-refractivity contribution in [2.75, 3.05) is 0 Å². The number of ether oxygens (including phenoxy) is 1. The second kappa shape index (κ2) is 3.25. The second-order valence-corrected chi connectivity index (χ2v) is 7.31. The van der Waals surface area contributed by atoms with Crippen LogP contribution in [0.15, 0.2) is 0 Å². The van der Waals surface area contributed by atoms with Gasteiger partial charge in [0, 0.05) is 0 Å². The Morgan fingerprint density at radius 1 is 1.12 bits per heavy atom. The Kier molecular flexibility index (Phi) is 2.25. The average molecular weight is 222 g/mol. The van der Waals surface area contributed by atoms with Gasteiger partial charge in [0.15, 0.2) is 0 Å². The van der Waals surface area contributed by atoms with E-state index in [2.05, 4.69) is 27.7 Å². The van der Waals surface area contributed by atoms with Crippen LogP contribution >= 0.6 is 0 Å². The molecule has 5 atom stereocenters. The van der Waals surface area contributed by atoms with Crippen molar-refractivity contribution in [1.29, 1.82) is 0 Å². The molecule has 3 fully saturated rings. The molecule has 1 heterocycles. The Morgan fingerprint density at radius 2 is 1.81 bits per heavy atom. The quantitative estimate of drug-likeness (QED) is 0.611. The maximum atomic E-state index is 6.03. The van der Waals surface area contributed by atoms with Crippen LogP contribution in [0.25, 0.3) is 0 Å². The second-order valence-electron chi connectivity index (χ2n) is 7.31. The summed E-state index contributed by atoms with van der Waals surface area (Å²) >= 11 is 0. The predicted octanol–water partition coefficient (Wildman–Crippen LogP) is 4.02. The summed E-state index contributed by atoms with van der Waals surface area (Å²) in [5.74, 6) is 2.63. The van der Waals surface area contributed by atoms with E-state index in [1.165, 1.54) is 32.1 Å². The normalized spacial score (nSPS) is 55.7. The lowest BCUT2D eigenvalue weighted by atomic mass is 9.54. The van der Waals surface area contributed by atoms with Crippen molar-refractivity contribution in [3.63, 3.8) is 0 Å².